The van der Waals surface area contributed by atoms with Crippen molar-refractivity contribution >= 4 is 28.9 Å². The van der Waals surface area contributed by atoms with Crippen LogP contribution in [0.5, 0.6) is 0 Å². The lowest BCUT2D eigenvalue weighted by Gasteiger charge is -2.37. The molecule has 220 valence electrons. The number of hydrogen-bond acceptors (Lipinski definition) is 7. The van der Waals surface area contributed by atoms with Crippen molar-refractivity contribution < 1.29 is 23.1 Å². The summed E-state index contributed by atoms with van der Waals surface area (Å²) >= 11 is 0. The van der Waals surface area contributed by atoms with Crippen molar-refractivity contribution in [3.8, 4) is 0 Å². The van der Waals surface area contributed by atoms with Crippen LogP contribution >= 0.6 is 0 Å². The number of piperidine rings is 1. The number of fused-ring (bicyclic) bond motifs is 1. The van der Waals surface area contributed by atoms with Crippen LogP contribution in [-0.4, -0.2) is 48.2 Å². The van der Waals surface area contributed by atoms with Gasteiger partial charge in [-0.25, -0.2) is 14.8 Å². The monoisotopic (exact) mass is 579 g/mol. The molecule has 2 atom stereocenters. The largest absolute Gasteiger partial charge is 0.475 e. The molecule has 9 nitrogen and oxygen atoms in total. The summed E-state index contributed by atoms with van der Waals surface area (Å²) in [6.07, 6.45) is 5.20. The zero-order valence-electron chi connectivity index (χ0n) is 23.2. The second-order valence-corrected chi connectivity index (χ2v) is 11.2. The summed E-state index contributed by atoms with van der Waals surface area (Å²) in [4.78, 5) is 32.0. The fraction of sp³-hybridized carbons (Fsp3) is 0.433. The average Bonchev–Trinajstić information content (AvgIpc) is 3.30. The van der Waals surface area contributed by atoms with E-state index in [1.54, 1.807) is 12.4 Å². The Labute approximate surface area is 240 Å². The third-order valence-corrected chi connectivity index (χ3v) is 8.47. The number of carbonyl (C=O) groups is 1. The van der Waals surface area contributed by atoms with Crippen LogP contribution in [0.2, 0.25) is 0 Å². The molecule has 2 fully saturated rings. The third-order valence-electron chi connectivity index (χ3n) is 8.47. The zero-order chi connectivity index (χ0) is 29.4. The van der Waals surface area contributed by atoms with E-state index in [1.165, 1.54) is 12.1 Å². The molecule has 2 aliphatic rings. The Bertz CT molecular complexity index is 1570. The number of benzene rings is 1. The molecule has 0 bridgehead atoms. The van der Waals surface area contributed by atoms with Crippen LogP contribution in [-0.2, 0) is 12.7 Å². The summed E-state index contributed by atoms with van der Waals surface area (Å²) in [7, 11) is 0. The number of halogens is 3. The van der Waals surface area contributed by atoms with Gasteiger partial charge in [0.1, 0.15) is 5.52 Å². The summed E-state index contributed by atoms with van der Waals surface area (Å²) < 4.78 is 41.8. The van der Waals surface area contributed by atoms with Gasteiger partial charge in [0.05, 0.1) is 18.2 Å². The van der Waals surface area contributed by atoms with Crippen molar-refractivity contribution in [3.63, 3.8) is 0 Å². The van der Waals surface area contributed by atoms with Gasteiger partial charge in [0.25, 0.3) is 0 Å². The van der Waals surface area contributed by atoms with Crippen LogP contribution in [0.25, 0.3) is 11.2 Å². The molecule has 2 N–H and O–H groups in total. The summed E-state index contributed by atoms with van der Waals surface area (Å²) in [5, 5.41) is 13.3. The van der Waals surface area contributed by atoms with E-state index in [4.69, 9.17) is 4.98 Å². The number of pyridine rings is 1. The molecular weight excluding hydrogens is 547 g/mol. The summed E-state index contributed by atoms with van der Waals surface area (Å²) in [6, 6.07) is 9.05. The highest BCUT2D eigenvalue weighted by Gasteiger charge is 2.33. The molecule has 1 aromatic carbocycles. The van der Waals surface area contributed by atoms with E-state index in [0.717, 1.165) is 56.2 Å². The SMILES string of the molecule is C[C@@H](Nc1nc(C(=O)O)nc2nc(N3CCCCC3c3ccncc3)n(Cc3ccc(C(F)(F)F)cc3)c12)C1CCC1. The Morgan fingerprint density at radius 1 is 1.02 bits per heavy atom. The van der Waals surface area contributed by atoms with Crippen molar-refractivity contribution in [2.75, 3.05) is 16.8 Å². The first-order valence-corrected chi connectivity index (χ1v) is 14.3. The van der Waals surface area contributed by atoms with E-state index in [0.29, 0.717) is 35.3 Å². The molecule has 12 heteroatoms. The molecule has 3 aromatic heterocycles. The van der Waals surface area contributed by atoms with E-state index < -0.39 is 17.7 Å². The number of rotatable bonds is 8. The Morgan fingerprint density at radius 3 is 2.40 bits per heavy atom. The zero-order valence-corrected chi connectivity index (χ0v) is 23.2. The van der Waals surface area contributed by atoms with Gasteiger partial charge in [-0.3, -0.25) is 4.98 Å². The quantitative estimate of drug-likeness (QED) is 0.250. The van der Waals surface area contributed by atoms with Crippen molar-refractivity contribution in [1.82, 2.24) is 24.5 Å². The summed E-state index contributed by atoms with van der Waals surface area (Å²) in [5.74, 6) is -0.252. The molecule has 1 aliphatic carbocycles. The van der Waals surface area contributed by atoms with E-state index in [9.17, 15) is 23.1 Å². The van der Waals surface area contributed by atoms with Gasteiger partial charge < -0.3 is 19.9 Å². The molecule has 42 heavy (non-hydrogen) atoms. The van der Waals surface area contributed by atoms with Crippen LogP contribution in [0.4, 0.5) is 24.9 Å². The second kappa shape index (κ2) is 11.2. The van der Waals surface area contributed by atoms with Crippen molar-refractivity contribution in [1.29, 1.82) is 0 Å². The van der Waals surface area contributed by atoms with Crippen LogP contribution in [0, 0.1) is 5.92 Å². The minimum absolute atomic E-state index is 0.0119. The van der Waals surface area contributed by atoms with E-state index in [-0.39, 0.29) is 30.1 Å². The number of anilines is 2. The maximum Gasteiger partial charge on any atom is 0.416 e. The van der Waals surface area contributed by atoms with Gasteiger partial charge in [0.2, 0.25) is 11.8 Å². The normalized spacial score (nSPS) is 18.6. The second-order valence-electron chi connectivity index (χ2n) is 11.2. The minimum atomic E-state index is -4.44. The molecule has 1 saturated carbocycles. The number of aromatic nitrogens is 5. The Kier molecular flexibility index (Phi) is 7.46. The molecule has 4 heterocycles. The van der Waals surface area contributed by atoms with E-state index in [1.807, 2.05) is 16.7 Å². The Balaban J connectivity index is 1.51. The number of carboxylic acid groups (broad SMARTS) is 1. The fourth-order valence-corrected chi connectivity index (χ4v) is 5.95. The van der Waals surface area contributed by atoms with Crippen LogP contribution in [0.15, 0.2) is 48.8 Å². The lowest BCUT2D eigenvalue weighted by molar-refractivity contribution is -0.137. The first-order valence-electron chi connectivity index (χ1n) is 14.3. The van der Waals surface area contributed by atoms with Crippen molar-refractivity contribution in [3.05, 3.63) is 71.3 Å². The van der Waals surface area contributed by atoms with Crippen molar-refractivity contribution in [2.45, 2.75) is 70.3 Å². The number of nitrogens with zero attached hydrogens (tertiary/aromatic N) is 6. The predicted octanol–water partition coefficient (Wildman–Crippen LogP) is 6.32. The van der Waals surface area contributed by atoms with E-state index in [2.05, 4.69) is 32.1 Å². The van der Waals surface area contributed by atoms with Gasteiger partial charge in [0.15, 0.2) is 11.5 Å². The first-order chi connectivity index (χ1) is 20.2. The maximum absolute atomic E-state index is 13.3. The lowest BCUT2D eigenvalue weighted by atomic mass is 9.80. The number of aromatic carboxylic acids is 1. The van der Waals surface area contributed by atoms with Crippen LogP contribution in [0.1, 0.15) is 78.8 Å². The van der Waals surface area contributed by atoms with Gasteiger partial charge in [-0.2, -0.15) is 18.2 Å². The molecule has 4 aromatic rings. The molecular formula is C30H32F3N7O2. The Hall–Kier alpha value is -4.22. The highest BCUT2D eigenvalue weighted by Crippen LogP contribution is 2.38. The van der Waals surface area contributed by atoms with Gasteiger partial charge in [-0.15, -0.1) is 0 Å². The van der Waals surface area contributed by atoms with Gasteiger partial charge in [-0.05, 0) is 80.3 Å². The van der Waals surface area contributed by atoms with Gasteiger partial charge in [0, 0.05) is 25.0 Å². The maximum atomic E-state index is 13.3. The molecule has 0 amide bonds. The summed E-state index contributed by atoms with van der Waals surface area (Å²) in [6.45, 7) is 2.95. The molecule has 0 radical (unpaired) electrons. The number of alkyl halides is 3. The minimum Gasteiger partial charge on any atom is -0.475 e. The highest BCUT2D eigenvalue weighted by molar-refractivity contribution is 5.92. The molecule has 0 spiro atoms. The van der Waals surface area contributed by atoms with Crippen molar-refractivity contribution in [2.24, 2.45) is 5.92 Å². The Morgan fingerprint density at radius 2 is 1.76 bits per heavy atom. The molecule has 1 unspecified atom stereocenters. The highest BCUT2D eigenvalue weighted by atomic mass is 19.4. The van der Waals surface area contributed by atoms with Gasteiger partial charge >= 0.3 is 12.1 Å². The molecule has 1 saturated heterocycles. The van der Waals surface area contributed by atoms with Crippen LogP contribution in [0.3, 0.4) is 0 Å². The average molecular weight is 580 g/mol. The summed E-state index contributed by atoms with van der Waals surface area (Å²) in [5.41, 5.74) is 1.75. The fourth-order valence-electron chi connectivity index (χ4n) is 5.95. The number of imidazole rings is 1. The smallest absolute Gasteiger partial charge is 0.416 e. The standard InChI is InChI=1S/C30H32F3N7O2/c1-18(20-5-4-6-20)35-25-24-26(37-27(36-25)28(41)42)38-29(39-16-3-2-7-23(39)21-12-14-34-15-13-21)40(24)17-19-8-10-22(11-9-19)30(31,32)33/h8-15,18,20,23H,2-7,16-17H2,1H3,(H,41,42)(H,35,36,37)/t18-,23?/m1/s1. The molecule has 1 aliphatic heterocycles. The third kappa shape index (κ3) is 5.49. The first kappa shape index (κ1) is 27.9. The molecule has 6 rings (SSSR count). The lowest BCUT2D eigenvalue weighted by Crippen LogP contribution is -2.35. The van der Waals surface area contributed by atoms with E-state index >= 15 is 0 Å². The predicted molar refractivity (Wildman–Crippen MR) is 151 cm³/mol. The van der Waals surface area contributed by atoms with Crippen LogP contribution < -0.4 is 10.2 Å². The topological polar surface area (TPSA) is 109 Å². The van der Waals surface area contributed by atoms with Gasteiger partial charge in [-0.1, -0.05) is 18.6 Å². The number of hydrogen-bond donors (Lipinski definition) is 2. The number of nitrogens with one attached hydrogen (secondary N) is 1. The number of carboxylic acids is 1.